The Morgan fingerprint density at radius 2 is 2.04 bits per heavy atom. The summed E-state index contributed by atoms with van der Waals surface area (Å²) in [5.74, 6) is 0.486. The van der Waals surface area contributed by atoms with Crippen LogP contribution in [0.1, 0.15) is 41.8 Å². The van der Waals surface area contributed by atoms with Crippen molar-refractivity contribution in [2.75, 3.05) is 0 Å². The van der Waals surface area contributed by atoms with Gasteiger partial charge in [0.05, 0.1) is 10.9 Å². The normalized spacial score (nSPS) is 16.1. The number of halogens is 3. The Morgan fingerprint density at radius 3 is 2.48 bits per heavy atom. The van der Waals surface area contributed by atoms with E-state index in [1.54, 1.807) is 6.92 Å². The van der Waals surface area contributed by atoms with Crippen molar-refractivity contribution in [2.24, 2.45) is 0 Å². The maximum absolute atomic E-state index is 12.7. The van der Waals surface area contributed by atoms with Crippen LogP contribution >= 0.6 is 0 Å². The largest absolute Gasteiger partial charge is 0.434 e. The van der Waals surface area contributed by atoms with Crippen molar-refractivity contribution in [3.63, 3.8) is 0 Å². The highest BCUT2D eigenvalue weighted by atomic mass is 32.2. The summed E-state index contributed by atoms with van der Waals surface area (Å²) in [5, 5.41) is -1.11. The van der Waals surface area contributed by atoms with Crippen LogP contribution in [0.5, 0.6) is 0 Å². The van der Waals surface area contributed by atoms with Crippen LogP contribution in [0.25, 0.3) is 0 Å². The second kappa shape index (κ2) is 5.95. The first-order valence-corrected chi connectivity index (χ1v) is 8.46. The molecule has 0 aliphatic rings. The number of pyridine rings is 1. The minimum absolute atomic E-state index is 0.209. The van der Waals surface area contributed by atoms with E-state index in [1.165, 1.54) is 13.0 Å². The van der Waals surface area contributed by atoms with Crippen LogP contribution in [-0.4, -0.2) is 14.2 Å². The van der Waals surface area contributed by atoms with Crippen LogP contribution < -0.4 is 0 Å². The molecule has 2 atom stereocenters. The minimum Gasteiger partial charge on any atom is -0.434 e. The maximum Gasteiger partial charge on any atom is 0.433 e. The van der Waals surface area contributed by atoms with Gasteiger partial charge in [-0.2, -0.15) is 13.2 Å². The van der Waals surface area contributed by atoms with Crippen LogP contribution in [0.2, 0.25) is 0 Å². The number of rotatable bonds is 4. The third-order valence-corrected chi connectivity index (χ3v) is 5.47. The van der Waals surface area contributed by atoms with Crippen molar-refractivity contribution in [3.05, 3.63) is 41.0 Å². The fraction of sp³-hybridized carbons (Fsp3) is 0.429. The molecule has 2 unspecified atom stereocenters. The van der Waals surface area contributed by atoms with Gasteiger partial charge in [0.25, 0.3) is 5.22 Å². The minimum atomic E-state index is -4.54. The molecule has 9 heteroatoms. The lowest BCUT2D eigenvalue weighted by molar-refractivity contribution is -0.141. The average molecular weight is 347 g/mol. The molecule has 0 radical (unpaired) electrons. The molecule has 0 amide bonds. The smallest absolute Gasteiger partial charge is 0.433 e. The zero-order valence-electron chi connectivity index (χ0n) is 12.8. The number of hydrogen-bond acceptors (Lipinski definition) is 5. The Labute approximate surface area is 131 Å². The molecule has 2 aromatic heterocycles. The Morgan fingerprint density at radius 1 is 1.39 bits per heavy atom. The van der Waals surface area contributed by atoms with Crippen molar-refractivity contribution in [3.8, 4) is 0 Å². The molecule has 126 valence electrons. The number of aromatic nitrogens is 2. The van der Waals surface area contributed by atoms with Crippen molar-refractivity contribution in [1.82, 2.24) is 9.97 Å². The molecule has 0 saturated carbocycles. The van der Waals surface area contributed by atoms with Gasteiger partial charge in [0.2, 0.25) is 0 Å². The zero-order valence-corrected chi connectivity index (χ0v) is 13.6. The predicted molar refractivity (Wildman–Crippen MR) is 77.4 cm³/mol. The molecule has 0 fully saturated rings. The number of nitrogens with one attached hydrogen (secondary N) is 1. The van der Waals surface area contributed by atoms with Gasteiger partial charge in [-0.3, -0.25) is 4.98 Å². The number of hydrogen-bond donors (Lipinski definition) is 1. The molecule has 0 spiro atoms. The van der Waals surface area contributed by atoms with Crippen molar-refractivity contribution in [2.45, 2.75) is 43.8 Å². The maximum atomic E-state index is 12.7. The van der Waals surface area contributed by atoms with Gasteiger partial charge in [-0.1, -0.05) is 13.0 Å². The van der Waals surface area contributed by atoms with Gasteiger partial charge in [0.15, 0.2) is 0 Å². The summed E-state index contributed by atoms with van der Waals surface area (Å²) in [7, 11) is -3.45. The molecular formula is C14H16F3N3O2S. The van der Waals surface area contributed by atoms with Gasteiger partial charge in [-0.25, -0.2) is 14.0 Å². The molecule has 0 aliphatic heterocycles. The molecule has 0 saturated heterocycles. The first kappa shape index (κ1) is 17.5. The van der Waals surface area contributed by atoms with Crippen molar-refractivity contribution < 1.29 is 21.8 Å². The number of oxazole rings is 1. The first-order valence-electron chi connectivity index (χ1n) is 6.84. The SMILES string of the molecule is CCc1nc(S(=N)(=O)C(C)c2ccc(C(F)(F)F)nc2)oc1C. The molecule has 5 nitrogen and oxygen atoms in total. The third-order valence-electron chi connectivity index (χ3n) is 3.51. The van der Waals surface area contributed by atoms with Gasteiger partial charge >= 0.3 is 6.18 Å². The third kappa shape index (κ3) is 3.39. The summed E-state index contributed by atoms with van der Waals surface area (Å²) >= 11 is 0. The lowest BCUT2D eigenvalue weighted by Gasteiger charge is -2.14. The lowest BCUT2D eigenvalue weighted by Crippen LogP contribution is -2.12. The highest BCUT2D eigenvalue weighted by Gasteiger charge is 2.33. The van der Waals surface area contributed by atoms with E-state index in [-0.39, 0.29) is 10.8 Å². The van der Waals surface area contributed by atoms with Crippen molar-refractivity contribution >= 4 is 9.73 Å². The van der Waals surface area contributed by atoms with E-state index < -0.39 is 26.8 Å². The zero-order chi connectivity index (χ0) is 17.4. The van der Waals surface area contributed by atoms with Crippen LogP contribution in [0.15, 0.2) is 28.0 Å². The standard InChI is InChI=1S/C14H16F3N3O2S/c1-4-11-8(2)22-13(20-11)23(18,21)9(3)10-5-6-12(19-7-10)14(15,16)17/h5-7,9,18H,4H2,1-3H3. The molecule has 0 bridgehead atoms. The highest BCUT2D eigenvalue weighted by Crippen LogP contribution is 2.32. The highest BCUT2D eigenvalue weighted by molar-refractivity contribution is 7.92. The van der Waals surface area contributed by atoms with E-state index in [0.717, 1.165) is 12.3 Å². The fourth-order valence-corrected chi connectivity index (χ4v) is 3.34. The summed E-state index contributed by atoms with van der Waals surface area (Å²) < 4.78 is 63.7. The van der Waals surface area contributed by atoms with Gasteiger partial charge in [0, 0.05) is 6.20 Å². The first-order chi connectivity index (χ1) is 10.6. The topological polar surface area (TPSA) is 79.8 Å². The summed E-state index contributed by atoms with van der Waals surface area (Å²) in [4.78, 5) is 7.41. The monoisotopic (exact) mass is 347 g/mol. The molecule has 1 N–H and O–H groups in total. The van der Waals surface area contributed by atoms with Crippen molar-refractivity contribution in [1.29, 1.82) is 4.78 Å². The summed E-state index contributed by atoms with van der Waals surface area (Å²) in [6, 6.07) is 1.98. The molecule has 0 aliphatic carbocycles. The van der Waals surface area contributed by atoms with Gasteiger partial charge < -0.3 is 4.42 Å². The summed E-state index contributed by atoms with van der Waals surface area (Å²) in [6.07, 6.45) is -2.99. The Balaban J connectivity index is 2.36. The van der Waals surface area contributed by atoms with E-state index in [1.807, 2.05) is 6.92 Å². The second-order valence-electron chi connectivity index (χ2n) is 5.05. The van der Waals surface area contributed by atoms with E-state index in [0.29, 0.717) is 17.9 Å². The quantitative estimate of drug-likeness (QED) is 0.902. The van der Waals surface area contributed by atoms with Gasteiger partial charge in [-0.15, -0.1) is 0 Å². The van der Waals surface area contributed by atoms with Gasteiger partial charge in [-0.05, 0) is 31.9 Å². The molecule has 2 rings (SSSR count). The van der Waals surface area contributed by atoms with E-state index in [2.05, 4.69) is 9.97 Å². The fourth-order valence-electron chi connectivity index (χ4n) is 2.02. The Bertz CT molecular complexity index is 796. The molecule has 2 aromatic rings. The number of aryl methyl sites for hydroxylation is 2. The van der Waals surface area contributed by atoms with Crippen LogP contribution in [0.3, 0.4) is 0 Å². The summed E-state index contributed by atoms with van der Waals surface area (Å²) in [6.45, 7) is 4.99. The number of alkyl halides is 3. The van der Waals surface area contributed by atoms with Gasteiger partial charge in [0.1, 0.15) is 21.2 Å². The predicted octanol–water partition coefficient (Wildman–Crippen LogP) is 4.13. The molecule has 23 heavy (non-hydrogen) atoms. The average Bonchev–Trinajstić information content (AvgIpc) is 2.87. The lowest BCUT2D eigenvalue weighted by atomic mass is 10.2. The van der Waals surface area contributed by atoms with E-state index >= 15 is 0 Å². The molecule has 0 aromatic carbocycles. The van der Waals surface area contributed by atoms with Crippen LogP contribution in [-0.2, 0) is 22.3 Å². The molecular weight excluding hydrogens is 331 g/mol. The molecule has 2 heterocycles. The van der Waals surface area contributed by atoms with Crippen LogP contribution in [0.4, 0.5) is 13.2 Å². The summed E-state index contributed by atoms with van der Waals surface area (Å²) in [5.41, 5.74) is -0.171. The van der Waals surface area contributed by atoms with E-state index in [4.69, 9.17) is 9.20 Å². The number of nitrogens with zero attached hydrogens (tertiary/aromatic N) is 2. The van der Waals surface area contributed by atoms with Crippen LogP contribution in [0, 0.1) is 11.7 Å². The van der Waals surface area contributed by atoms with E-state index in [9.17, 15) is 17.4 Å². The Kier molecular flexibility index (Phi) is 4.52. The Hall–Kier alpha value is -1.90. The second-order valence-corrected chi connectivity index (χ2v) is 7.31.